The molecule has 0 spiro atoms. The number of nitrogens with one attached hydrogen (secondary N) is 1. The van der Waals surface area contributed by atoms with Crippen LogP contribution in [0.5, 0.6) is 0 Å². The van der Waals surface area contributed by atoms with Crippen molar-refractivity contribution in [3.63, 3.8) is 0 Å². The molecule has 0 radical (unpaired) electrons. The molecule has 1 aliphatic heterocycles. The number of hydrogen-bond donors (Lipinski definition) is 1. The average Bonchev–Trinajstić information content (AvgIpc) is 2.80. The van der Waals surface area contributed by atoms with Crippen molar-refractivity contribution < 1.29 is 0 Å². The van der Waals surface area contributed by atoms with Crippen LogP contribution < -0.4 is 5.32 Å². The number of nitrogens with zero attached hydrogens (tertiary/aromatic N) is 2. The van der Waals surface area contributed by atoms with Crippen molar-refractivity contribution in [2.75, 3.05) is 13.1 Å². The molecule has 0 amide bonds. The minimum absolute atomic E-state index is 0.675. The quantitative estimate of drug-likeness (QED) is 0.846. The molecular weight excluding hydrogens is 210 g/mol. The molecule has 2 unspecified atom stereocenters. The molecule has 17 heavy (non-hydrogen) atoms. The Labute approximate surface area is 100 Å². The lowest BCUT2D eigenvalue weighted by atomic mass is 10.1. The summed E-state index contributed by atoms with van der Waals surface area (Å²) in [4.78, 5) is 4.33. The molecule has 1 saturated carbocycles. The van der Waals surface area contributed by atoms with Crippen molar-refractivity contribution in [1.29, 1.82) is 0 Å². The Morgan fingerprint density at radius 2 is 1.88 bits per heavy atom. The molecular formula is C14H15N3. The van der Waals surface area contributed by atoms with E-state index < -0.39 is 0 Å². The second-order valence-electron chi connectivity index (χ2n) is 5.03. The molecule has 1 aromatic carbocycles. The van der Waals surface area contributed by atoms with Gasteiger partial charge in [0.2, 0.25) is 0 Å². The second kappa shape index (κ2) is 3.44. The highest BCUT2D eigenvalue weighted by Crippen LogP contribution is 2.53. The number of aromatic nitrogens is 2. The van der Waals surface area contributed by atoms with Crippen LogP contribution in [-0.4, -0.2) is 22.6 Å². The van der Waals surface area contributed by atoms with Crippen LogP contribution in [0.4, 0.5) is 0 Å². The van der Waals surface area contributed by atoms with E-state index in [1.165, 1.54) is 24.3 Å². The lowest BCUT2D eigenvalue weighted by molar-refractivity contribution is 0.573. The molecule has 1 N–H and O–H groups in total. The first-order valence-electron chi connectivity index (χ1n) is 6.23. The molecule has 2 heterocycles. The fourth-order valence-corrected chi connectivity index (χ4v) is 3.17. The Hall–Kier alpha value is -1.61. The summed E-state index contributed by atoms with van der Waals surface area (Å²) in [7, 11) is 0. The molecule has 2 fully saturated rings. The van der Waals surface area contributed by atoms with Gasteiger partial charge in [0.1, 0.15) is 0 Å². The first-order chi connectivity index (χ1) is 8.45. The van der Waals surface area contributed by atoms with Crippen molar-refractivity contribution in [3.8, 4) is 11.3 Å². The molecule has 1 saturated heterocycles. The summed E-state index contributed by atoms with van der Waals surface area (Å²) in [6.07, 6.45) is 3.97. The summed E-state index contributed by atoms with van der Waals surface area (Å²) in [6, 6.07) is 11.2. The Balaban J connectivity index is 1.72. The van der Waals surface area contributed by atoms with Gasteiger partial charge in [0, 0.05) is 19.1 Å². The number of benzene rings is 1. The monoisotopic (exact) mass is 225 g/mol. The summed E-state index contributed by atoms with van der Waals surface area (Å²) in [5.41, 5.74) is 2.52. The van der Waals surface area contributed by atoms with Gasteiger partial charge < -0.3 is 9.88 Å². The number of piperidine rings is 1. The first kappa shape index (κ1) is 9.42. The maximum absolute atomic E-state index is 4.33. The summed E-state index contributed by atoms with van der Waals surface area (Å²) in [5, 5.41) is 3.44. The molecule has 2 aliphatic rings. The number of rotatable bonds is 2. The maximum Gasteiger partial charge on any atom is 0.0953 e. The highest BCUT2D eigenvalue weighted by atomic mass is 15.2. The lowest BCUT2D eigenvalue weighted by Crippen LogP contribution is -2.16. The van der Waals surface area contributed by atoms with E-state index in [1.54, 1.807) is 0 Å². The zero-order valence-electron chi connectivity index (χ0n) is 9.58. The Kier molecular flexibility index (Phi) is 1.91. The summed E-state index contributed by atoms with van der Waals surface area (Å²) < 4.78 is 2.37. The van der Waals surface area contributed by atoms with E-state index in [9.17, 15) is 0 Å². The van der Waals surface area contributed by atoms with E-state index in [2.05, 4.69) is 45.2 Å². The van der Waals surface area contributed by atoms with Gasteiger partial charge in [-0.05, 0) is 17.4 Å². The Morgan fingerprint density at radius 3 is 2.65 bits per heavy atom. The van der Waals surface area contributed by atoms with Crippen molar-refractivity contribution in [1.82, 2.24) is 14.9 Å². The fourth-order valence-electron chi connectivity index (χ4n) is 3.17. The standard InChI is InChI=1S/C14H15N3/c1-2-4-10(5-3-1)13-8-16-9-17(13)14-11-6-15-7-12(11)14/h1-5,8-9,11-12,14-15H,6-7H2. The van der Waals surface area contributed by atoms with Gasteiger partial charge >= 0.3 is 0 Å². The fraction of sp³-hybridized carbons (Fsp3) is 0.357. The molecule has 1 aliphatic carbocycles. The van der Waals surface area contributed by atoms with Gasteiger partial charge in [0.05, 0.1) is 18.2 Å². The third kappa shape index (κ3) is 1.35. The van der Waals surface area contributed by atoms with Crippen molar-refractivity contribution in [2.24, 2.45) is 11.8 Å². The molecule has 4 rings (SSSR count). The molecule has 1 aromatic heterocycles. The van der Waals surface area contributed by atoms with Crippen LogP contribution in [0.2, 0.25) is 0 Å². The highest BCUT2D eigenvalue weighted by molar-refractivity contribution is 5.59. The highest BCUT2D eigenvalue weighted by Gasteiger charge is 2.54. The minimum Gasteiger partial charge on any atom is -0.327 e. The van der Waals surface area contributed by atoms with Crippen molar-refractivity contribution in [3.05, 3.63) is 42.9 Å². The van der Waals surface area contributed by atoms with Gasteiger partial charge in [-0.2, -0.15) is 0 Å². The molecule has 86 valence electrons. The van der Waals surface area contributed by atoms with Crippen LogP contribution in [-0.2, 0) is 0 Å². The van der Waals surface area contributed by atoms with E-state index in [4.69, 9.17) is 0 Å². The zero-order valence-corrected chi connectivity index (χ0v) is 9.58. The predicted molar refractivity (Wildman–Crippen MR) is 66.5 cm³/mol. The topological polar surface area (TPSA) is 29.9 Å². The summed E-state index contributed by atoms with van der Waals surface area (Å²) >= 11 is 0. The van der Waals surface area contributed by atoms with Crippen LogP contribution in [0.25, 0.3) is 11.3 Å². The van der Waals surface area contributed by atoms with E-state index in [0.717, 1.165) is 11.8 Å². The molecule has 2 aromatic rings. The molecule has 3 nitrogen and oxygen atoms in total. The second-order valence-corrected chi connectivity index (χ2v) is 5.03. The van der Waals surface area contributed by atoms with Gasteiger partial charge in [-0.3, -0.25) is 0 Å². The lowest BCUT2D eigenvalue weighted by Gasteiger charge is -2.10. The normalized spacial score (nSPS) is 30.2. The van der Waals surface area contributed by atoms with E-state index in [-0.39, 0.29) is 0 Å². The molecule has 3 heteroatoms. The number of imidazole rings is 1. The SMILES string of the molecule is c1ccc(-c2cncn2C2C3CNCC32)cc1. The van der Waals surface area contributed by atoms with Crippen molar-refractivity contribution in [2.45, 2.75) is 6.04 Å². The third-order valence-corrected chi connectivity index (χ3v) is 4.10. The van der Waals surface area contributed by atoms with Crippen LogP contribution in [0, 0.1) is 11.8 Å². The first-order valence-corrected chi connectivity index (χ1v) is 6.23. The van der Waals surface area contributed by atoms with Gasteiger partial charge in [0.15, 0.2) is 0 Å². The number of hydrogen-bond acceptors (Lipinski definition) is 2. The third-order valence-electron chi connectivity index (χ3n) is 4.10. The largest absolute Gasteiger partial charge is 0.327 e. The van der Waals surface area contributed by atoms with Crippen LogP contribution in [0.3, 0.4) is 0 Å². The van der Waals surface area contributed by atoms with Crippen LogP contribution in [0.1, 0.15) is 6.04 Å². The smallest absolute Gasteiger partial charge is 0.0953 e. The predicted octanol–water partition coefficient (Wildman–Crippen LogP) is 1.94. The average molecular weight is 225 g/mol. The molecule has 0 bridgehead atoms. The zero-order chi connectivity index (χ0) is 11.2. The van der Waals surface area contributed by atoms with E-state index in [0.29, 0.717) is 6.04 Å². The summed E-state index contributed by atoms with van der Waals surface area (Å²) in [5.74, 6) is 1.65. The van der Waals surface area contributed by atoms with E-state index in [1.807, 2.05) is 12.5 Å². The van der Waals surface area contributed by atoms with Gasteiger partial charge in [-0.25, -0.2) is 4.98 Å². The summed E-state index contributed by atoms with van der Waals surface area (Å²) in [6.45, 7) is 2.34. The van der Waals surface area contributed by atoms with Gasteiger partial charge in [-0.1, -0.05) is 30.3 Å². The Bertz CT molecular complexity index is 521. The van der Waals surface area contributed by atoms with Crippen molar-refractivity contribution >= 4 is 0 Å². The van der Waals surface area contributed by atoms with Crippen LogP contribution in [0.15, 0.2) is 42.9 Å². The number of fused-ring (bicyclic) bond motifs is 1. The van der Waals surface area contributed by atoms with Gasteiger partial charge in [0.25, 0.3) is 0 Å². The Morgan fingerprint density at radius 1 is 1.12 bits per heavy atom. The molecule has 2 atom stereocenters. The van der Waals surface area contributed by atoms with E-state index >= 15 is 0 Å². The minimum atomic E-state index is 0.675. The maximum atomic E-state index is 4.33. The van der Waals surface area contributed by atoms with Crippen LogP contribution >= 0.6 is 0 Å². The van der Waals surface area contributed by atoms with Gasteiger partial charge in [-0.15, -0.1) is 0 Å².